The van der Waals surface area contributed by atoms with Gasteiger partial charge in [-0.2, -0.15) is 0 Å². The SMILES string of the molecule is CCCCCCCCCCCCC1CC(=O)N[C@@H](CCC(=O)O)C(=O)NC(CC(C)C)C(=O)N[C@H](CC(C)C)C(=O)N[C@@H](C(C)C)C(=O)NC(CC(=O)OCCOC)C(=O)N[C@H](CC(C)C)C(=O)NC(CC(C)C)C(=O)O1. The minimum Gasteiger partial charge on any atom is -0.481 e. The third-order valence-electron chi connectivity index (χ3n) is 13.0. The number of unbranched alkanes of at least 4 members (excludes halogenated alkanes) is 9. The van der Waals surface area contributed by atoms with Gasteiger partial charge in [0.1, 0.15) is 55.0 Å². The largest absolute Gasteiger partial charge is 0.481 e. The Kier molecular flexibility index (Phi) is 34.6. The number of carboxylic acid groups (broad SMARTS) is 1. The average molecular weight is 1090 g/mol. The number of carbonyl (C=O) groups excluding carboxylic acids is 9. The van der Waals surface area contributed by atoms with E-state index in [9.17, 15) is 53.1 Å². The molecule has 77 heavy (non-hydrogen) atoms. The Morgan fingerprint density at radius 1 is 0.519 bits per heavy atom. The Bertz CT molecular complexity index is 1860. The quantitative estimate of drug-likeness (QED) is 0.0365. The Balaban J connectivity index is 4.02. The summed E-state index contributed by atoms with van der Waals surface area (Å²) in [6.07, 6.45) is 7.81. The maximum absolute atomic E-state index is 14.4. The predicted molar refractivity (Wildman–Crippen MR) is 291 cm³/mol. The second kappa shape index (κ2) is 38.3. The molecule has 7 amide bonds. The summed E-state index contributed by atoms with van der Waals surface area (Å²) in [5, 5.41) is 28.5. The summed E-state index contributed by atoms with van der Waals surface area (Å²) in [5.74, 6) is -9.97. The van der Waals surface area contributed by atoms with Crippen molar-refractivity contribution >= 4 is 59.3 Å². The zero-order chi connectivity index (χ0) is 58.2. The number of carboxylic acids is 1. The first-order valence-corrected chi connectivity index (χ1v) is 28.5. The van der Waals surface area contributed by atoms with Crippen LogP contribution in [0.1, 0.15) is 198 Å². The number of esters is 2. The van der Waals surface area contributed by atoms with Crippen molar-refractivity contribution < 1.29 is 67.3 Å². The lowest BCUT2D eigenvalue weighted by Gasteiger charge is -2.30. The highest BCUT2D eigenvalue weighted by Gasteiger charge is 2.37. The number of ether oxygens (including phenoxy) is 3. The molecule has 442 valence electrons. The summed E-state index contributed by atoms with van der Waals surface area (Å²) in [6.45, 7) is 19.9. The van der Waals surface area contributed by atoms with E-state index in [0.717, 1.165) is 32.1 Å². The summed E-state index contributed by atoms with van der Waals surface area (Å²) < 4.78 is 16.3. The second-order valence-corrected chi connectivity index (χ2v) is 22.8. The van der Waals surface area contributed by atoms with Crippen LogP contribution in [0.2, 0.25) is 0 Å². The molecule has 8 N–H and O–H groups in total. The molecule has 0 radical (unpaired) electrons. The molecule has 21 heteroatoms. The first-order chi connectivity index (χ1) is 36.3. The van der Waals surface area contributed by atoms with Gasteiger partial charge in [-0.1, -0.05) is 134 Å². The minimum absolute atomic E-state index is 0.0479. The molecule has 1 heterocycles. The van der Waals surface area contributed by atoms with Crippen LogP contribution in [0, 0.1) is 29.6 Å². The molecule has 0 spiro atoms. The van der Waals surface area contributed by atoms with Crippen LogP contribution in [0.5, 0.6) is 0 Å². The number of carbonyl (C=O) groups is 10. The zero-order valence-corrected chi connectivity index (χ0v) is 48.6. The average Bonchev–Trinajstić information content (AvgIpc) is 3.32. The van der Waals surface area contributed by atoms with E-state index in [2.05, 4.69) is 44.1 Å². The molecule has 0 bridgehead atoms. The van der Waals surface area contributed by atoms with Gasteiger partial charge in [-0.05, 0) is 74.5 Å². The summed E-state index contributed by atoms with van der Waals surface area (Å²) >= 11 is 0. The zero-order valence-electron chi connectivity index (χ0n) is 48.6. The molecule has 1 saturated heterocycles. The van der Waals surface area contributed by atoms with Crippen molar-refractivity contribution in [2.45, 2.75) is 247 Å². The molecule has 0 aromatic carbocycles. The standard InChI is InChI=1S/C56H99N7O14/c1-13-14-15-16-17-18-19-20-21-22-23-39-32-46(64)57-40(24-25-47(65)66)50(68)58-41(28-34(2)3)51(69)60-43(30-36(6)7)54(72)63-49(38(10)11)55(73)61-44(33-48(67)76-27-26-75-12)53(71)59-42(29-35(4)5)52(70)62-45(31-37(8)9)56(74)77-39/h34-45,49H,13-33H2,1-12H3,(H,57,64)(H,58,68)(H,59,71)(H,60,69)(H,61,73)(H,62,70)(H,63,72)(H,65,66)/t39?,40-,41?,42+,43+,44?,45?,49-/m0/s1. The Morgan fingerprint density at radius 3 is 1.39 bits per heavy atom. The Morgan fingerprint density at radius 2 is 0.935 bits per heavy atom. The third-order valence-corrected chi connectivity index (χ3v) is 13.0. The number of amides is 7. The minimum atomic E-state index is -1.63. The number of aliphatic carboxylic acids is 1. The van der Waals surface area contributed by atoms with E-state index < -0.39 is 133 Å². The number of hydrogen-bond donors (Lipinski definition) is 8. The van der Waals surface area contributed by atoms with Crippen molar-refractivity contribution in [2.75, 3.05) is 20.3 Å². The van der Waals surface area contributed by atoms with Gasteiger partial charge < -0.3 is 56.5 Å². The topological polar surface area (TPSA) is 303 Å². The van der Waals surface area contributed by atoms with Gasteiger partial charge >= 0.3 is 17.9 Å². The van der Waals surface area contributed by atoms with E-state index in [-0.39, 0.29) is 75.4 Å². The van der Waals surface area contributed by atoms with Crippen molar-refractivity contribution in [3.63, 3.8) is 0 Å². The molecule has 0 aromatic rings. The maximum atomic E-state index is 14.4. The van der Waals surface area contributed by atoms with Crippen molar-refractivity contribution in [3.05, 3.63) is 0 Å². The van der Waals surface area contributed by atoms with Crippen LogP contribution >= 0.6 is 0 Å². The molecular formula is C56H99N7O14. The smallest absolute Gasteiger partial charge is 0.328 e. The van der Waals surface area contributed by atoms with Gasteiger partial charge in [0.2, 0.25) is 41.4 Å². The van der Waals surface area contributed by atoms with Gasteiger partial charge in [-0.15, -0.1) is 0 Å². The summed E-state index contributed by atoms with van der Waals surface area (Å²) in [4.78, 5) is 139. The van der Waals surface area contributed by atoms with Crippen LogP contribution in [-0.4, -0.2) is 133 Å². The van der Waals surface area contributed by atoms with E-state index in [1.165, 1.54) is 32.8 Å². The van der Waals surface area contributed by atoms with Gasteiger partial charge in [0.05, 0.1) is 19.4 Å². The Labute approximate surface area is 458 Å². The molecule has 4 unspecified atom stereocenters. The van der Waals surface area contributed by atoms with E-state index in [1.54, 1.807) is 13.8 Å². The van der Waals surface area contributed by atoms with Crippen molar-refractivity contribution in [1.29, 1.82) is 0 Å². The lowest BCUT2D eigenvalue weighted by atomic mass is 9.98. The number of nitrogens with one attached hydrogen (secondary N) is 7. The van der Waals surface area contributed by atoms with Crippen LogP contribution < -0.4 is 37.2 Å². The molecule has 21 nitrogen and oxygen atoms in total. The normalized spacial score (nSPS) is 23.3. The summed E-state index contributed by atoms with van der Waals surface area (Å²) in [5.41, 5.74) is 0. The molecule has 1 fully saturated rings. The van der Waals surface area contributed by atoms with Crippen LogP contribution in [0.15, 0.2) is 0 Å². The number of cyclic esters (lactones) is 1. The van der Waals surface area contributed by atoms with Crippen molar-refractivity contribution in [1.82, 2.24) is 37.2 Å². The van der Waals surface area contributed by atoms with Gasteiger partial charge in [-0.3, -0.25) is 43.2 Å². The van der Waals surface area contributed by atoms with Crippen LogP contribution in [-0.2, 0) is 62.2 Å². The van der Waals surface area contributed by atoms with Crippen LogP contribution in [0.3, 0.4) is 0 Å². The second-order valence-electron chi connectivity index (χ2n) is 22.8. The summed E-state index contributed by atoms with van der Waals surface area (Å²) in [7, 11) is 1.41. The van der Waals surface area contributed by atoms with E-state index in [1.807, 2.05) is 55.4 Å². The molecule has 0 aromatic heterocycles. The van der Waals surface area contributed by atoms with Gasteiger partial charge in [-0.25, -0.2) is 4.79 Å². The fourth-order valence-electron chi connectivity index (χ4n) is 8.91. The highest BCUT2D eigenvalue weighted by Crippen LogP contribution is 2.19. The van der Waals surface area contributed by atoms with Gasteiger partial charge in [0.25, 0.3) is 0 Å². The molecule has 1 aliphatic heterocycles. The first-order valence-electron chi connectivity index (χ1n) is 28.5. The molecule has 8 atom stereocenters. The molecule has 0 aliphatic carbocycles. The first kappa shape index (κ1) is 69.7. The molecular weight excluding hydrogens is 995 g/mol. The summed E-state index contributed by atoms with van der Waals surface area (Å²) in [6, 6.07) is -9.49. The van der Waals surface area contributed by atoms with Gasteiger partial charge in [0, 0.05) is 13.5 Å². The molecule has 1 aliphatic rings. The van der Waals surface area contributed by atoms with Crippen LogP contribution in [0.25, 0.3) is 0 Å². The highest BCUT2D eigenvalue weighted by atomic mass is 16.6. The number of methoxy groups -OCH3 is 1. The fraction of sp³-hybridized carbons (Fsp3) is 0.821. The predicted octanol–water partition coefficient (Wildman–Crippen LogP) is 5.29. The van der Waals surface area contributed by atoms with Crippen molar-refractivity contribution in [2.24, 2.45) is 29.6 Å². The Hall–Kier alpha value is -5.34. The number of hydrogen-bond acceptors (Lipinski definition) is 13. The van der Waals surface area contributed by atoms with E-state index >= 15 is 0 Å². The van der Waals surface area contributed by atoms with E-state index in [0.29, 0.717) is 6.42 Å². The van der Waals surface area contributed by atoms with Gasteiger partial charge in [0.15, 0.2) is 0 Å². The third kappa shape index (κ3) is 30.4. The molecule has 1 rings (SSSR count). The number of rotatable bonds is 28. The van der Waals surface area contributed by atoms with Crippen molar-refractivity contribution in [3.8, 4) is 0 Å². The molecule has 0 saturated carbocycles. The van der Waals surface area contributed by atoms with Crippen LogP contribution in [0.4, 0.5) is 0 Å². The van der Waals surface area contributed by atoms with E-state index in [4.69, 9.17) is 14.2 Å². The maximum Gasteiger partial charge on any atom is 0.328 e. The fourth-order valence-corrected chi connectivity index (χ4v) is 8.91. The monoisotopic (exact) mass is 1090 g/mol. The lowest BCUT2D eigenvalue weighted by molar-refractivity contribution is -0.155. The lowest BCUT2D eigenvalue weighted by Crippen LogP contribution is -2.61. The highest BCUT2D eigenvalue weighted by molar-refractivity contribution is 5.98.